The molecule has 0 radical (unpaired) electrons. The summed E-state index contributed by atoms with van der Waals surface area (Å²) in [5.41, 5.74) is 1.28. The fraction of sp³-hybridized carbons (Fsp3) is 0.667. The molecule has 1 amide bonds. The Bertz CT molecular complexity index is 487. The maximum Gasteiger partial charge on any atom is 0.274 e. The van der Waals surface area contributed by atoms with E-state index in [1.165, 1.54) is 0 Å². The van der Waals surface area contributed by atoms with Crippen LogP contribution in [0.3, 0.4) is 0 Å². The van der Waals surface area contributed by atoms with E-state index in [0.717, 1.165) is 49.1 Å². The fourth-order valence-corrected chi connectivity index (χ4v) is 3.05. The van der Waals surface area contributed by atoms with E-state index in [1.807, 2.05) is 30.5 Å². The Labute approximate surface area is 130 Å². The molecule has 0 aromatic carbocycles. The van der Waals surface area contributed by atoms with Crippen molar-refractivity contribution in [2.45, 2.75) is 33.1 Å². The van der Waals surface area contributed by atoms with Crippen LogP contribution in [0.15, 0.2) is 6.20 Å². The van der Waals surface area contributed by atoms with Crippen molar-refractivity contribution in [3.05, 3.63) is 17.7 Å². The molecule has 1 fully saturated rings. The summed E-state index contributed by atoms with van der Waals surface area (Å²) in [6.45, 7) is 8.61. The van der Waals surface area contributed by atoms with Gasteiger partial charge < -0.3 is 10.2 Å². The molecule has 2 heterocycles. The van der Waals surface area contributed by atoms with E-state index in [0.29, 0.717) is 5.69 Å². The van der Waals surface area contributed by atoms with Crippen LogP contribution in [0.1, 0.15) is 49.4 Å². The number of hydrogen-bond donors (Lipinski definition) is 1. The largest absolute Gasteiger partial charge is 0.382 e. The van der Waals surface area contributed by atoms with Crippen LogP contribution in [0.2, 0.25) is 0 Å². The number of hydrogen-bond acceptors (Lipinski definition) is 5. The van der Waals surface area contributed by atoms with Gasteiger partial charge >= 0.3 is 0 Å². The van der Waals surface area contributed by atoms with Crippen LogP contribution in [0.5, 0.6) is 0 Å². The molecule has 0 aliphatic carbocycles. The molecule has 1 aliphatic rings. The molecule has 1 saturated heterocycles. The van der Waals surface area contributed by atoms with E-state index in [-0.39, 0.29) is 11.8 Å². The highest BCUT2D eigenvalue weighted by Gasteiger charge is 2.23. The Kier molecular flexibility index (Phi) is 5.85. The van der Waals surface area contributed by atoms with Crippen LogP contribution >= 0.6 is 11.8 Å². The first-order valence-corrected chi connectivity index (χ1v) is 8.76. The minimum absolute atomic E-state index is 0.0261. The van der Waals surface area contributed by atoms with Gasteiger partial charge in [-0.2, -0.15) is 11.8 Å². The second-order valence-corrected chi connectivity index (χ2v) is 6.70. The van der Waals surface area contributed by atoms with E-state index in [4.69, 9.17) is 0 Å². The maximum absolute atomic E-state index is 12.7. The van der Waals surface area contributed by atoms with E-state index < -0.39 is 0 Å². The second-order valence-electron chi connectivity index (χ2n) is 5.48. The SMILES string of the molecule is CCCNc1cnc(C(C)C)nc1C(=O)N1CCSCC1. The third-order valence-corrected chi connectivity index (χ3v) is 4.33. The van der Waals surface area contributed by atoms with Gasteiger partial charge in [0.25, 0.3) is 5.91 Å². The molecule has 21 heavy (non-hydrogen) atoms. The third-order valence-electron chi connectivity index (χ3n) is 3.39. The highest BCUT2D eigenvalue weighted by molar-refractivity contribution is 7.99. The van der Waals surface area contributed by atoms with Crippen LogP contribution in [0.4, 0.5) is 5.69 Å². The summed E-state index contributed by atoms with van der Waals surface area (Å²) in [6, 6.07) is 0. The van der Waals surface area contributed by atoms with E-state index >= 15 is 0 Å². The predicted octanol–water partition coefficient (Wildman–Crippen LogP) is 2.61. The Morgan fingerprint density at radius 3 is 2.76 bits per heavy atom. The maximum atomic E-state index is 12.7. The van der Waals surface area contributed by atoms with Crippen molar-refractivity contribution in [3.63, 3.8) is 0 Å². The van der Waals surface area contributed by atoms with Gasteiger partial charge in [0.05, 0.1) is 11.9 Å². The molecule has 0 unspecified atom stereocenters. The summed E-state index contributed by atoms with van der Waals surface area (Å²) >= 11 is 1.90. The van der Waals surface area contributed by atoms with Crippen molar-refractivity contribution in [3.8, 4) is 0 Å². The Hall–Kier alpha value is -1.30. The lowest BCUT2D eigenvalue weighted by Crippen LogP contribution is -2.38. The average molecular weight is 308 g/mol. The average Bonchev–Trinajstić information content (AvgIpc) is 2.52. The highest BCUT2D eigenvalue weighted by Crippen LogP contribution is 2.20. The minimum Gasteiger partial charge on any atom is -0.382 e. The molecule has 1 N–H and O–H groups in total. The van der Waals surface area contributed by atoms with Gasteiger partial charge in [0.2, 0.25) is 0 Å². The topological polar surface area (TPSA) is 58.1 Å². The first-order chi connectivity index (χ1) is 10.1. The van der Waals surface area contributed by atoms with Gasteiger partial charge in [0.1, 0.15) is 5.82 Å². The summed E-state index contributed by atoms with van der Waals surface area (Å²) in [7, 11) is 0. The Morgan fingerprint density at radius 2 is 2.14 bits per heavy atom. The van der Waals surface area contributed by atoms with Gasteiger partial charge in [-0.1, -0.05) is 20.8 Å². The lowest BCUT2D eigenvalue weighted by atomic mass is 10.2. The molecule has 0 bridgehead atoms. The van der Waals surface area contributed by atoms with E-state index in [1.54, 1.807) is 6.20 Å². The van der Waals surface area contributed by atoms with Crippen LogP contribution in [-0.2, 0) is 0 Å². The standard InChI is InChI=1S/C15H24N4OS/c1-4-5-16-12-10-17-14(11(2)3)18-13(12)15(20)19-6-8-21-9-7-19/h10-11,16H,4-9H2,1-3H3. The number of anilines is 1. The number of nitrogens with zero attached hydrogens (tertiary/aromatic N) is 3. The van der Waals surface area contributed by atoms with Crippen LogP contribution in [0.25, 0.3) is 0 Å². The quantitative estimate of drug-likeness (QED) is 0.906. The van der Waals surface area contributed by atoms with Gasteiger partial charge in [-0.25, -0.2) is 9.97 Å². The number of aromatic nitrogens is 2. The zero-order chi connectivity index (χ0) is 15.2. The molecule has 6 heteroatoms. The third kappa shape index (κ3) is 4.09. The second kappa shape index (κ2) is 7.64. The van der Waals surface area contributed by atoms with Crippen molar-refractivity contribution >= 4 is 23.4 Å². The van der Waals surface area contributed by atoms with Crippen molar-refractivity contribution in [2.75, 3.05) is 36.5 Å². The molecule has 1 aliphatic heterocycles. The van der Waals surface area contributed by atoms with Crippen molar-refractivity contribution in [2.24, 2.45) is 0 Å². The van der Waals surface area contributed by atoms with Crippen LogP contribution < -0.4 is 5.32 Å². The molecule has 0 atom stereocenters. The first kappa shape index (κ1) is 16.1. The normalized spacial score (nSPS) is 15.3. The smallest absolute Gasteiger partial charge is 0.274 e. The molecular weight excluding hydrogens is 284 g/mol. The van der Waals surface area contributed by atoms with E-state index in [9.17, 15) is 4.79 Å². The first-order valence-electron chi connectivity index (χ1n) is 7.61. The molecule has 0 saturated carbocycles. The summed E-state index contributed by atoms with van der Waals surface area (Å²) in [4.78, 5) is 23.5. The number of nitrogens with one attached hydrogen (secondary N) is 1. The summed E-state index contributed by atoms with van der Waals surface area (Å²) in [5, 5.41) is 3.27. The van der Waals surface area contributed by atoms with Crippen molar-refractivity contribution < 1.29 is 4.79 Å². The Morgan fingerprint density at radius 1 is 1.43 bits per heavy atom. The molecule has 2 rings (SSSR count). The number of carbonyl (C=O) groups excluding carboxylic acids is 1. The lowest BCUT2D eigenvalue weighted by Gasteiger charge is -2.27. The predicted molar refractivity (Wildman–Crippen MR) is 88.1 cm³/mol. The molecule has 0 spiro atoms. The van der Waals surface area contributed by atoms with Crippen molar-refractivity contribution in [1.82, 2.24) is 14.9 Å². The number of carbonyl (C=O) groups is 1. The summed E-state index contributed by atoms with van der Waals surface area (Å²) in [5.74, 6) is 2.98. The van der Waals surface area contributed by atoms with Gasteiger partial charge in [0.15, 0.2) is 5.69 Å². The van der Waals surface area contributed by atoms with Crippen molar-refractivity contribution in [1.29, 1.82) is 0 Å². The molecular formula is C15H24N4OS. The van der Waals surface area contributed by atoms with Gasteiger partial charge in [-0.05, 0) is 6.42 Å². The molecule has 116 valence electrons. The van der Waals surface area contributed by atoms with Gasteiger partial charge in [-0.15, -0.1) is 0 Å². The monoisotopic (exact) mass is 308 g/mol. The molecule has 1 aromatic rings. The highest BCUT2D eigenvalue weighted by atomic mass is 32.2. The van der Waals surface area contributed by atoms with Gasteiger partial charge in [0, 0.05) is 37.1 Å². The summed E-state index contributed by atoms with van der Waals surface area (Å²) in [6.07, 6.45) is 2.75. The zero-order valence-corrected chi connectivity index (χ0v) is 13.9. The number of thioether (sulfide) groups is 1. The zero-order valence-electron chi connectivity index (χ0n) is 13.1. The minimum atomic E-state index is 0.0261. The number of rotatable bonds is 5. The lowest BCUT2D eigenvalue weighted by molar-refractivity contribution is 0.0767. The van der Waals surface area contributed by atoms with Crippen LogP contribution in [-0.4, -0.2) is 51.9 Å². The fourth-order valence-electron chi connectivity index (χ4n) is 2.14. The van der Waals surface area contributed by atoms with Gasteiger partial charge in [-0.3, -0.25) is 4.79 Å². The number of amides is 1. The summed E-state index contributed by atoms with van der Waals surface area (Å²) < 4.78 is 0. The molecule has 5 nitrogen and oxygen atoms in total. The van der Waals surface area contributed by atoms with Crippen LogP contribution in [0, 0.1) is 0 Å². The van der Waals surface area contributed by atoms with E-state index in [2.05, 4.69) is 22.2 Å². The molecule has 1 aromatic heterocycles. The Balaban J connectivity index is 2.27.